The molecule has 37 heavy (non-hydrogen) atoms. The largest absolute Gasteiger partial charge is 0.490 e. The van der Waals surface area contributed by atoms with Gasteiger partial charge in [-0.15, -0.1) is 0 Å². The maximum atomic E-state index is 11.2. The van der Waals surface area contributed by atoms with Crippen molar-refractivity contribution in [3.05, 3.63) is 41.6 Å². The van der Waals surface area contributed by atoms with Crippen molar-refractivity contribution in [2.24, 2.45) is 5.73 Å². The molecular weight excluding hydrogens is 490 g/mol. The van der Waals surface area contributed by atoms with Gasteiger partial charge < -0.3 is 25.6 Å². The van der Waals surface area contributed by atoms with E-state index in [1.165, 1.54) is 11.8 Å². The van der Waals surface area contributed by atoms with Gasteiger partial charge in [0.15, 0.2) is 22.6 Å². The second-order valence-corrected chi connectivity index (χ2v) is 10.3. The summed E-state index contributed by atoms with van der Waals surface area (Å²) >= 11 is 1.45. The molecule has 11 nitrogen and oxygen atoms in total. The van der Waals surface area contributed by atoms with Crippen LogP contribution in [0, 0.1) is 6.92 Å². The minimum absolute atomic E-state index is 0.214. The molecular formula is C25H35N9O2S. The Morgan fingerprint density at radius 1 is 1.19 bits per heavy atom. The number of benzene rings is 1. The van der Waals surface area contributed by atoms with Crippen molar-refractivity contribution in [2.45, 2.75) is 23.4 Å². The molecule has 3 heterocycles. The van der Waals surface area contributed by atoms with Gasteiger partial charge in [-0.3, -0.25) is 14.8 Å². The molecule has 0 atom stereocenters. The Morgan fingerprint density at radius 3 is 2.51 bits per heavy atom. The smallest absolute Gasteiger partial charge is 0.221 e. The fourth-order valence-corrected chi connectivity index (χ4v) is 4.81. The summed E-state index contributed by atoms with van der Waals surface area (Å²) in [5, 5.41) is 11.1. The van der Waals surface area contributed by atoms with Crippen LogP contribution in [0.1, 0.15) is 11.3 Å². The van der Waals surface area contributed by atoms with E-state index in [1.54, 1.807) is 7.11 Å². The molecule has 4 N–H and O–H groups in total. The van der Waals surface area contributed by atoms with Gasteiger partial charge in [-0.25, -0.2) is 9.97 Å². The molecule has 1 aliphatic heterocycles. The van der Waals surface area contributed by atoms with Crippen LogP contribution in [-0.2, 0) is 11.2 Å². The number of hydrogen-bond acceptors (Lipinski definition) is 10. The fraction of sp³-hybridized carbons (Fsp3) is 0.440. The number of aryl methyl sites for hydroxylation is 1. The van der Waals surface area contributed by atoms with Crippen molar-refractivity contribution in [3.63, 3.8) is 0 Å². The number of aromatic nitrogens is 4. The third kappa shape index (κ3) is 7.34. The molecule has 0 saturated carbocycles. The first-order valence-corrected chi connectivity index (χ1v) is 13.0. The number of nitrogens with two attached hydrogens (primary N) is 1. The summed E-state index contributed by atoms with van der Waals surface area (Å²) < 4.78 is 5.83. The second kappa shape index (κ2) is 12.3. The predicted octanol–water partition coefficient (Wildman–Crippen LogP) is 2.12. The molecule has 1 saturated heterocycles. The molecule has 1 fully saturated rings. The highest BCUT2D eigenvalue weighted by Gasteiger charge is 2.25. The van der Waals surface area contributed by atoms with Crippen molar-refractivity contribution in [1.29, 1.82) is 0 Å². The van der Waals surface area contributed by atoms with Crippen LogP contribution < -0.4 is 20.7 Å². The van der Waals surface area contributed by atoms with E-state index in [0.29, 0.717) is 22.5 Å². The molecule has 2 aromatic heterocycles. The molecule has 198 valence electrons. The van der Waals surface area contributed by atoms with E-state index in [2.05, 4.69) is 44.3 Å². The monoisotopic (exact) mass is 525 g/mol. The van der Waals surface area contributed by atoms with Crippen LogP contribution in [0.25, 0.3) is 0 Å². The van der Waals surface area contributed by atoms with Crippen LogP contribution in [0.15, 0.2) is 40.4 Å². The molecule has 1 aromatic carbocycles. The Morgan fingerprint density at radius 2 is 1.92 bits per heavy atom. The number of primary amides is 1. The predicted molar refractivity (Wildman–Crippen MR) is 146 cm³/mol. The summed E-state index contributed by atoms with van der Waals surface area (Å²) in [6.45, 7) is 7.60. The number of aromatic amines is 1. The third-order valence-corrected chi connectivity index (χ3v) is 6.90. The van der Waals surface area contributed by atoms with E-state index in [9.17, 15) is 4.79 Å². The lowest BCUT2D eigenvalue weighted by Crippen LogP contribution is -2.48. The Balaban J connectivity index is 1.60. The zero-order chi connectivity index (χ0) is 26.4. The Hall–Kier alpha value is -3.35. The number of carbonyl (C=O) groups excluding carboxylic acids is 1. The summed E-state index contributed by atoms with van der Waals surface area (Å²) in [5.74, 6) is 2.20. The summed E-state index contributed by atoms with van der Waals surface area (Å²) in [6, 6.07) is 9.61. The molecule has 0 aliphatic carbocycles. The van der Waals surface area contributed by atoms with Crippen LogP contribution in [0.4, 0.5) is 17.5 Å². The molecule has 1 amide bonds. The molecule has 0 radical (unpaired) electrons. The number of anilines is 3. The maximum Gasteiger partial charge on any atom is 0.221 e. The first-order chi connectivity index (χ1) is 17.8. The minimum Gasteiger partial charge on any atom is -0.490 e. The Kier molecular flexibility index (Phi) is 8.85. The van der Waals surface area contributed by atoms with Gasteiger partial charge in [-0.1, -0.05) is 12.1 Å². The number of H-pyrrole nitrogens is 1. The SMILES string of the molecule is COc1c(Nc2cc(C)[nH]n2)nc(Sc2ccc(CC(N)=O)cc2)nc1N1CCN(CCN(C)C)CC1. The third-order valence-electron chi connectivity index (χ3n) is 6.03. The number of carbonyl (C=O) groups is 1. The number of rotatable bonds is 11. The number of nitrogens with zero attached hydrogens (tertiary/aromatic N) is 6. The van der Waals surface area contributed by atoms with E-state index in [1.807, 2.05) is 37.3 Å². The molecule has 0 bridgehead atoms. The van der Waals surface area contributed by atoms with E-state index < -0.39 is 0 Å². The number of likely N-dealkylation sites (N-methyl/N-ethyl adjacent to an activating group) is 1. The lowest BCUT2D eigenvalue weighted by Gasteiger charge is -2.36. The lowest BCUT2D eigenvalue weighted by atomic mass is 10.1. The van der Waals surface area contributed by atoms with Crippen LogP contribution in [-0.4, -0.2) is 96.3 Å². The molecule has 4 rings (SSSR count). The number of ether oxygens (including phenoxy) is 1. The topological polar surface area (TPSA) is 129 Å². The normalized spacial score (nSPS) is 14.2. The van der Waals surface area contributed by atoms with E-state index >= 15 is 0 Å². The van der Waals surface area contributed by atoms with Gasteiger partial charge in [0.05, 0.1) is 13.5 Å². The summed E-state index contributed by atoms with van der Waals surface area (Å²) in [7, 11) is 5.84. The first kappa shape index (κ1) is 26.7. The van der Waals surface area contributed by atoms with Crippen molar-refractivity contribution in [3.8, 4) is 5.75 Å². The standard InChI is InChI=1S/C25H35N9O2S/c1-17-15-21(31-30-17)27-23-22(36-4)24(34-13-11-33(12-14-34)10-9-32(2)3)29-25(28-23)37-19-7-5-18(6-8-19)16-20(26)35/h5-8,15H,9-14,16H2,1-4H3,(H2,26,35)(H2,27,28,29,30,31). The number of nitrogens with one attached hydrogen (secondary N) is 2. The first-order valence-electron chi connectivity index (χ1n) is 12.2. The van der Waals surface area contributed by atoms with E-state index in [-0.39, 0.29) is 12.3 Å². The number of methoxy groups -OCH3 is 1. The van der Waals surface area contributed by atoms with Crippen LogP contribution in [0.5, 0.6) is 5.75 Å². The molecule has 0 unspecified atom stereocenters. The Labute approximate surface area is 221 Å². The number of hydrogen-bond donors (Lipinski definition) is 3. The fourth-order valence-electron chi connectivity index (χ4n) is 4.06. The van der Waals surface area contributed by atoms with Crippen molar-refractivity contribution in [2.75, 3.05) is 70.7 Å². The highest BCUT2D eigenvalue weighted by atomic mass is 32.2. The summed E-state index contributed by atoms with van der Waals surface area (Å²) in [6.07, 6.45) is 0.214. The minimum atomic E-state index is -0.352. The lowest BCUT2D eigenvalue weighted by molar-refractivity contribution is -0.117. The number of piperazine rings is 1. The maximum absolute atomic E-state index is 11.2. The van der Waals surface area contributed by atoms with Gasteiger partial charge in [0.25, 0.3) is 0 Å². The average molecular weight is 526 g/mol. The zero-order valence-electron chi connectivity index (χ0n) is 21.8. The van der Waals surface area contributed by atoms with Gasteiger partial charge in [-0.05, 0) is 50.5 Å². The highest BCUT2D eigenvalue weighted by molar-refractivity contribution is 7.99. The van der Waals surface area contributed by atoms with Gasteiger partial charge in [0.2, 0.25) is 11.7 Å². The van der Waals surface area contributed by atoms with Gasteiger partial charge in [0, 0.05) is 55.9 Å². The van der Waals surface area contributed by atoms with Crippen LogP contribution >= 0.6 is 11.8 Å². The molecule has 0 spiro atoms. The molecule has 12 heteroatoms. The van der Waals surface area contributed by atoms with Crippen molar-refractivity contribution < 1.29 is 9.53 Å². The van der Waals surface area contributed by atoms with Crippen molar-refractivity contribution >= 4 is 35.1 Å². The molecule has 3 aromatic rings. The van der Waals surface area contributed by atoms with Crippen LogP contribution in [0.3, 0.4) is 0 Å². The average Bonchev–Trinajstić information content (AvgIpc) is 3.28. The highest BCUT2D eigenvalue weighted by Crippen LogP contribution is 2.38. The van der Waals surface area contributed by atoms with Gasteiger partial charge in [-0.2, -0.15) is 5.10 Å². The summed E-state index contributed by atoms with van der Waals surface area (Å²) in [5.41, 5.74) is 7.13. The summed E-state index contributed by atoms with van der Waals surface area (Å²) in [4.78, 5) is 28.8. The second-order valence-electron chi connectivity index (χ2n) is 9.29. The van der Waals surface area contributed by atoms with Crippen molar-refractivity contribution in [1.82, 2.24) is 30.0 Å². The van der Waals surface area contributed by atoms with Crippen LogP contribution in [0.2, 0.25) is 0 Å². The Bertz CT molecular complexity index is 1190. The molecule has 1 aliphatic rings. The zero-order valence-corrected chi connectivity index (χ0v) is 22.6. The van der Waals surface area contributed by atoms with E-state index in [4.69, 9.17) is 20.4 Å². The number of amides is 1. The van der Waals surface area contributed by atoms with E-state index in [0.717, 1.165) is 61.2 Å². The van der Waals surface area contributed by atoms with Gasteiger partial charge >= 0.3 is 0 Å². The van der Waals surface area contributed by atoms with Gasteiger partial charge in [0.1, 0.15) is 0 Å². The quantitative estimate of drug-likeness (QED) is 0.320.